The zero-order valence-electron chi connectivity index (χ0n) is 9.95. The lowest BCUT2D eigenvalue weighted by molar-refractivity contribution is 0.581. The summed E-state index contributed by atoms with van der Waals surface area (Å²) in [5, 5.41) is 8.67. The number of sulfonamides is 1. The maximum Gasteiger partial charge on any atom is 0.242 e. The summed E-state index contributed by atoms with van der Waals surface area (Å²) in [5.41, 5.74) is 1.32. The summed E-state index contributed by atoms with van der Waals surface area (Å²) in [6.45, 7) is 0.170. The van der Waals surface area contributed by atoms with Crippen molar-refractivity contribution in [3.8, 4) is 6.07 Å². The minimum absolute atomic E-state index is 0.128. The largest absolute Gasteiger partial charge is 0.263 e. The number of hydrogen-bond donors (Lipinski definition) is 1. The Morgan fingerprint density at radius 3 is 2.53 bits per heavy atom. The van der Waals surface area contributed by atoms with E-state index in [-0.39, 0.29) is 11.4 Å². The molecule has 0 amide bonds. The van der Waals surface area contributed by atoms with Crippen LogP contribution in [0.2, 0.25) is 0 Å². The maximum atomic E-state index is 11.9. The summed E-state index contributed by atoms with van der Waals surface area (Å²) in [7, 11) is -3.55. The van der Waals surface area contributed by atoms with Gasteiger partial charge in [0.25, 0.3) is 0 Å². The van der Waals surface area contributed by atoms with Crippen LogP contribution in [0.15, 0.2) is 53.7 Å². The maximum absolute atomic E-state index is 11.9. The first kappa shape index (κ1) is 13.2. The van der Waals surface area contributed by atoms with Crippen molar-refractivity contribution in [2.45, 2.75) is 11.4 Å². The van der Waals surface area contributed by atoms with Gasteiger partial charge in [0.1, 0.15) is 4.90 Å². The van der Waals surface area contributed by atoms with Crippen LogP contribution in [0.4, 0.5) is 0 Å². The molecule has 0 saturated heterocycles. The monoisotopic (exact) mass is 273 g/mol. The number of hydrogen-bond acceptors (Lipinski definition) is 4. The summed E-state index contributed by atoms with van der Waals surface area (Å²) in [5.74, 6) is 0. The molecule has 2 aromatic rings. The smallest absolute Gasteiger partial charge is 0.242 e. The molecule has 0 atom stereocenters. The predicted octanol–water partition coefficient (Wildman–Crippen LogP) is 1.43. The Labute approximate surface area is 111 Å². The third kappa shape index (κ3) is 3.37. The van der Waals surface area contributed by atoms with Gasteiger partial charge in [-0.3, -0.25) is 4.98 Å². The molecule has 1 aromatic carbocycles. The molecule has 0 bridgehead atoms. The van der Waals surface area contributed by atoms with Crippen LogP contribution in [-0.4, -0.2) is 13.4 Å². The SMILES string of the molecule is N#Cc1ccc(CNS(=O)(=O)c2cccnc2)cc1. The van der Waals surface area contributed by atoms with E-state index in [0.717, 1.165) is 5.56 Å². The van der Waals surface area contributed by atoms with Crippen LogP contribution in [0, 0.1) is 11.3 Å². The summed E-state index contributed by atoms with van der Waals surface area (Å²) in [6, 6.07) is 11.8. The number of nitrogens with zero attached hydrogens (tertiary/aromatic N) is 2. The normalized spacial score (nSPS) is 10.9. The molecule has 0 aliphatic carbocycles. The molecule has 1 N–H and O–H groups in total. The number of nitriles is 1. The number of rotatable bonds is 4. The molecule has 0 spiro atoms. The lowest BCUT2D eigenvalue weighted by Crippen LogP contribution is -2.23. The predicted molar refractivity (Wildman–Crippen MR) is 69.4 cm³/mol. The molecule has 2 rings (SSSR count). The summed E-state index contributed by atoms with van der Waals surface area (Å²) < 4.78 is 26.3. The third-order valence-electron chi connectivity index (χ3n) is 2.49. The third-order valence-corrected chi connectivity index (χ3v) is 3.88. The first-order valence-corrected chi connectivity index (χ1v) is 6.99. The van der Waals surface area contributed by atoms with Crippen LogP contribution in [0.25, 0.3) is 0 Å². The van der Waals surface area contributed by atoms with Gasteiger partial charge >= 0.3 is 0 Å². The zero-order valence-corrected chi connectivity index (χ0v) is 10.8. The molecule has 0 fully saturated rings. The molecule has 0 aliphatic rings. The standard InChI is InChI=1S/C13H11N3O2S/c14-8-11-3-5-12(6-4-11)9-16-19(17,18)13-2-1-7-15-10-13/h1-7,10,16H,9H2. The fourth-order valence-electron chi connectivity index (χ4n) is 1.46. The number of nitrogens with one attached hydrogen (secondary N) is 1. The van der Waals surface area contributed by atoms with Crippen molar-refractivity contribution in [3.63, 3.8) is 0 Å². The van der Waals surface area contributed by atoms with Crippen LogP contribution >= 0.6 is 0 Å². The average Bonchev–Trinajstić information content (AvgIpc) is 2.47. The highest BCUT2D eigenvalue weighted by atomic mass is 32.2. The molecule has 96 valence electrons. The van der Waals surface area contributed by atoms with E-state index in [1.165, 1.54) is 18.5 Å². The molecular weight excluding hydrogens is 262 g/mol. The molecule has 0 unspecified atom stereocenters. The van der Waals surface area contributed by atoms with Gasteiger partial charge in [-0.05, 0) is 29.8 Å². The molecule has 1 aromatic heterocycles. The topological polar surface area (TPSA) is 82.9 Å². The molecular formula is C13H11N3O2S. The Morgan fingerprint density at radius 2 is 1.95 bits per heavy atom. The average molecular weight is 273 g/mol. The van der Waals surface area contributed by atoms with E-state index in [9.17, 15) is 8.42 Å². The van der Waals surface area contributed by atoms with Crippen LogP contribution in [0.5, 0.6) is 0 Å². The van der Waals surface area contributed by atoms with Gasteiger partial charge in [0.05, 0.1) is 11.6 Å². The van der Waals surface area contributed by atoms with Crippen molar-refractivity contribution in [2.75, 3.05) is 0 Å². The second-order valence-corrected chi connectivity index (χ2v) is 5.59. The summed E-state index contributed by atoms with van der Waals surface area (Å²) in [4.78, 5) is 3.90. The molecule has 0 saturated carbocycles. The Hall–Kier alpha value is -2.23. The number of aromatic nitrogens is 1. The lowest BCUT2D eigenvalue weighted by Gasteiger charge is -2.06. The molecule has 19 heavy (non-hydrogen) atoms. The zero-order chi connectivity index (χ0) is 13.7. The van der Waals surface area contributed by atoms with Gasteiger partial charge in [0, 0.05) is 18.9 Å². The first-order chi connectivity index (χ1) is 9.12. The fraction of sp³-hybridized carbons (Fsp3) is 0.0769. The minimum atomic E-state index is -3.55. The van der Waals surface area contributed by atoms with Gasteiger partial charge in [-0.25, -0.2) is 13.1 Å². The van der Waals surface area contributed by atoms with E-state index in [1.54, 1.807) is 30.3 Å². The minimum Gasteiger partial charge on any atom is -0.263 e. The van der Waals surface area contributed by atoms with Crippen molar-refractivity contribution in [2.24, 2.45) is 0 Å². The van der Waals surface area contributed by atoms with Gasteiger partial charge in [-0.15, -0.1) is 0 Å². The molecule has 0 radical (unpaired) electrons. The molecule has 5 nitrogen and oxygen atoms in total. The van der Waals surface area contributed by atoms with Gasteiger partial charge in [-0.1, -0.05) is 12.1 Å². The highest BCUT2D eigenvalue weighted by Gasteiger charge is 2.13. The van der Waals surface area contributed by atoms with Crippen molar-refractivity contribution >= 4 is 10.0 Å². The fourth-order valence-corrected chi connectivity index (χ4v) is 2.45. The highest BCUT2D eigenvalue weighted by molar-refractivity contribution is 7.89. The van der Waals surface area contributed by atoms with E-state index in [1.807, 2.05) is 6.07 Å². The van der Waals surface area contributed by atoms with Crippen molar-refractivity contribution in [3.05, 3.63) is 59.9 Å². The van der Waals surface area contributed by atoms with Gasteiger partial charge in [0.15, 0.2) is 0 Å². The van der Waals surface area contributed by atoms with E-state index in [4.69, 9.17) is 5.26 Å². The number of benzene rings is 1. The molecule has 6 heteroatoms. The van der Waals surface area contributed by atoms with Crippen LogP contribution < -0.4 is 4.72 Å². The Balaban J connectivity index is 2.08. The quantitative estimate of drug-likeness (QED) is 0.913. The highest BCUT2D eigenvalue weighted by Crippen LogP contribution is 2.08. The lowest BCUT2D eigenvalue weighted by atomic mass is 10.1. The number of pyridine rings is 1. The Morgan fingerprint density at radius 1 is 1.21 bits per heavy atom. The Kier molecular flexibility index (Phi) is 3.90. The van der Waals surface area contributed by atoms with Gasteiger partial charge in [0.2, 0.25) is 10.0 Å². The van der Waals surface area contributed by atoms with Gasteiger partial charge < -0.3 is 0 Å². The Bertz CT molecular complexity index is 689. The summed E-state index contributed by atoms with van der Waals surface area (Å²) in [6.07, 6.45) is 2.81. The van der Waals surface area contributed by atoms with E-state index in [0.29, 0.717) is 5.56 Å². The first-order valence-electron chi connectivity index (χ1n) is 5.50. The molecule has 0 aliphatic heterocycles. The second-order valence-electron chi connectivity index (χ2n) is 3.82. The van der Waals surface area contributed by atoms with Crippen LogP contribution in [-0.2, 0) is 16.6 Å². The van der Waals surface area contributed by atoms with Crippen LogP contribution in [0.3, 0.4) is 0 Å². The summed E-state index contributed by atoms with van der Waals surface area (Å²) >= 11 is 0. The molecule has 1 heterocycles. The second kappa shape index (κ2) is 5.61. The van der Waals surface area contributed by atoms with Crippen molar-refractivity contribution in [1.82, 2.24) is 9.71 Å². The van der Waals surface area contributed by atoms with E-state index < -0.39 is 10.0 Å². The van der Waals surface area contributed by atoms with Crippen molar-refractivity contribution < 1.29 is 8.42 Å². The van der Waals surface area contributed by atoms with Crippen LogP contribution in [0.1, 0.15) is 11.1 Å². The van der Waals surface area contributed by atoms with E-state index >= 15 is 0 Å². The van der Waals surface area contributed by atoms with E-state index in [2.05, 4.69) is 9.71 Å². The van der Waals surface area contributed by atoms with Crippen molar-refractivity contribution in [1.29, 1.82) is 5.26 Å². The van der Waals surface area contributed by atoms with Gasteiger partial charge in [-0.2, -0.15) is 5.26 Å².